The molecule has 1 aromatic heterocycles. The Hall–Kier alpha value is 0.236. The molecule has 2 aliphatic rings. The average molecular weight is 360 g/mol. The van der Waals surface area contributed by atoms with E-state index in [2.05, 4.69) is 18.9 Å². The number of carbonyl (C=O) groups is 1. The van der Waals surface area contributed by atoms with Gasteiger partial charge in [-0.15, -0.1) is 0 Å². The summed E-state index contributed by atoms with van der Waals surface area (Å²) in [5, 5.41) is 3.51. The molecular weight excluding hydrogens is 339 g/mol. The van der Waals surface area contributed by atoms with Crippen LogP contribution in [-0.4, -0.2) is 15.6 Å². The van der Waals surface area contributed by atoms with Gasteiger partial charge >= 0.3 is 51.4 Å². The number of rotatable bonds is 3. The molecule has 0 saturated heterocycles. The predicted octanol–water partition coefficient (Wildman–Crippen LogP) is 1.49. The maximum absolute atomic E-state index is 13.9. The van der Waals surface area contributed by atoms with Crippen LogP contribution in [0.5, 0.6) is 0 Å². The van der Waals surface area contributed by atoms with Crippen LogP contribution in [0, 0.1) is 13.3 Å². The van der Waals surface area contributed by atoms with Crippen molar-refractivity contribution in [2.75, 3.05) is 0 Å². The molecule has 1 fully saturated rings. The van der Waals surface area contributed by atoms with Gasteiger partial charge in [-0.1, -0.05) is 20.3 Å². The molecule has 1 heterocycles. The number of halogens is 4. The first-order valence-electron chi connectivity index (χ1n) is 7.02. The van der Waals surface area contributed by atoms with Crippen molar-refractivity contribution in [2.24, 2.45) is 5.92 Å². The third-order valence-corrected chi connectivity index (χ3v) is 3.54. The number of alkyl halides is 4. The molecule has 0 aliphatic heterocycles. The summed E-state index contributed by atoms with van der Waals surface area (Å²) < 4.78 is 54.3. The maximum Gasteiger partial charge on any atom is 1.00 e. The van der Waals surface area contributed by atoms with Crippen molar-refractivity contribution >= 4 is 5.78 Å². The van der Waals surface area contributed by atoms with Gasteiger partial charge in [-0.05, 0) is 19.3 Å². The number of hydrogen-bond donors (Lipinski definition) is 0. The van der Waals surface area contributed by atoms with Crippen molar-refractivity contribution in [1.29, 1.82) is 0 Å². The van der Waals surface area contributed by atoms with Crippen LogP contribution in [0.4, 0.5) is 17.6 Å². The standard InChI is InChI=1S/C11H10F4N2O.C3H8.CH3.K/c1-4(18)3-17-9-7(8(16-17)10(12)13)5-2-6(5)11(9,14)15;1-3-2;;/h5-6,10H,2-3H2,1H3;3H2,1-2H3;1H3;/q;;-1;+1. The molecule has 2 atom stereocenters. The minimum atomic E-state index is -3.14. The molecule has 3 nitrogen and oxygen atoms in total. The summed E-state index contributed by atoms with van der Waals surface area (Å²) in [6.07, 6.45) is -1.41. The van der Waals surface area contributed by atoms with Crippen molar-refractivity contribution in [3.05, 3.63) is 24.4 Å². The van der Waals surface area contributed by atoms with E-state index in [1.54, 1.807) is 0 Å². The van der Waals surface area contributed by atoms with Crippen molar-refractivity contribution in [2.45, 2.75) is 58.4 Å². The topological polar surface area (TPSA) is 34.9 Å². The molecule has 2 aliphatic carbocycles. The molecular formula is C15H21F4KN2O. The third-order valence-electron chi connectivity index (χ3n) is 3.54. The fourth-order valence-corrected chi connectivity index (χ4v) is 2.79. The van der Waals surface area contributed by atoms with E-state index in [-0.39, 0.29) is 77.3 Å². The van der Waals surface area contributed by atoms with E-state index in [9.17, 15) is 22.4 Å². The van der Waals surface area contributed by atoms with Crippen molar-refractivity contribution in [3.63, 3.8) is 0 Å². The molecule has 0 aromatic carbocycles. The number of ketones is 1. The predicted molar refractivity (Wildman–Crippen MR) is 75.0 cm³/mol. The Morgan fingerprint density at radius 2 is 1.91 bits per heavy atom. The van der Waals surface area contributed by atoms with Crippen molar-refractivity contribution < 1.29 is 73.7 Å². The van der Waals surface area contributed by atoms with Crippen LogP contribution in [0.25, 0.3) is 0 Å². The van der Waals surface area contributed by atoms with E-state index in [4.69, 9.17) is 0 Å². The molecule has 2 unspecified atom stereocenters. The van der Waals surface area contributed by atoms with Crippen molar-refractivity contribution in [1.82, 2.24) is 9.78 Å². The summed E-state index contributed by atoms with van der Waals surface area (Å²) in [7, 11) is 0. The monoisotopic (exact) mass is 360 g/mol. The van der Waals surface area contributed by atoms with Crippen LogP contribution in [0.1, 0.15) is 62.9 Å². The molecule has 23 heavy (non-hydrogen) atoms. The minimum absolute atomic E-state index is 0. The second-order valence-electron chi connectivity index (χ2n) is 5.59. The molecule has 126 valence electrons. The number of fused-ring (bicyclic) bond motifs is 3. The Morgan fingerprint density at radius 1 is 1.39 bits per heavy atom. The van der Waals surface area contributed by atoms with Gasteiger partial charge in [0.2, 0.25) is 0 Å². The second-order valence-corrected chi connectivity index (χ2v) is 5.59. The van der Waals surface area contributed by atoms with Gasteiger partial charge in [0.25, 0.3) is 12.3 Å². The summed E-state index contributed by atoms with van der Waals surface area (Å²) in [6.45, 7) is 5.08. The number of carbonyl (C=O) groups excluding carboxylic acids is 1. The average Bonchev–Trinajstić information content (AvgIpc) is 3.00. The zero-order chi connectivity index (χ0) is 15.9. The Labute approximate surface area is 176 Å². The second kappa shape index (κ2) is 8.56. The number of nitrogens with zero attached hydrogens (tertiary/aromatic N) is 2. The fourth-order valence-electron chi connectivity index (χ4n) is 2.79. The smallest absolute Gasteiger partial charge is 0.358 e. The number of Topliss-reactive ketones (excluding diaryl/α,β-unsaturated/α-hetero) is 1. The SMILES string of the molecule is CC(=O)Cn1nc(C(F)F)c2c1C(F)(F)C1CC21.CCC.[CH3-].[K+]. The summed E-state index contributed by atoms with van der Waals surface area (Å²) in [5.74, 6) is -4.94. The molecule has 0 bridgehead atoms. The van der Waals surface area contributed by atoms with E-state index in [1.165, 1.54) is 13.3 Å². The molecule has 8 heteroatoms. The summed E-state index contributed by atoms with van der Waals surface area (Å²) in [5.41, 5.74) is -1.09. The molecule has 0 spiro atoms. The molecule has 3 rings (SSSR count). The molecule has 0 radical (unpaired) electrons. The van der Waals surface area contributed by atoms with Crippen LogP contribution in [0.15, 0.2) is 0 Å². The summed E-state index contributed by atoms with van der Waals surface area (Å²) in [6, 6.07) is 0. The molecule has 1 aromatic rings. The normalized spacial score (nSPS) is 22.1. The van der Waals surface area contributed by atoms with Gasteiger partial charge in [-0.3, -0.25) is 9.48 Å². The zero-order valence-corrected chi connectivity index (χ0v) is 17.3. The Balaban J connectivity index is 0.000000902. The Kier molecular flexibility index (Phi) is 8.64. The van der Waals surface area contributed by atoms with Gasteiger partial charge in [0, 0.05) is 11.5 Å². The quantitative estimate of drug-likeness (QED) is 0.465. The first-order chi connectivity index (χ1) is 9.75. The van der Waals surface area contributed by atoms with E-state index >= 15 is 0 Å². The van der Waals surface area contributed by atoms with E-state index in [0.717, 1.165) is 4.68 Å². The van der Waals surface area contributed by atoms with Gasteiger partial charge in [-0.25, -0.2) is 8.78 Å². The summed E-state index contributed by atoms with van der Waals surface area (Å²) >= 11 is 0. The molecule has 1 saturated carbocycles. The van der Waals surface area contributed by atoms with Crippen LogP contribution >= 0.6 is 0 Å². The van der Waals surface area contributed by atoms with Crippen LogP contribution in [0.3, 0.4) is 0 Å². The van der Waals surface area contributed by atoms with E-state index in [0.29, 0.717) is 0 Å². The first kappa shape index (κ1) is 23.2. The van der Waals surface area contributed by atoms with Gasteiger partial charge in [0.05, 0.1) is 6.54 Å². The Morgan fingerprint density at radius 3 is 2.35 bits per heavy atom. The number of hydrogen-bond acceptors (Lipinski definition) is 2. The Bertz CT molecular complexity index is 560. The van der Waals surface area contributed by atoms with Crippen LogP contribution < -0.4 is 51.4 Å². The maximum atomic E-state index is 13.9. The fraction of sp³-hybridized carbons (Fsp3) is 0.667. The van der Waals surface area contributed by atoms with Gasteiger partial charge in [0.15, 0.2) is 5.78 Å². The molecule has 0 N–H and O–H groups in total. The van der Waals surface area contributed by atoms with Gasteiger partial charge in [-0.2, -0.15) is 13.9 Å². The zero-order valence-electron chi connectivity index (χ0n) is 14.2. The summed E-state index contributed by atoms with van der Waals surface area (Å²) in [4.78, 5) is 11.0. The van der Waals surface area contributed by atoms with Crippen molar-refractivity contribution in [3.8, 4) is 0 Å². The molecule has 0 amide bonds. The van der Waals surface area contributed by atoms with Crippen LogP contribution in [-0.2, 0) is 17.3 Å². The van der Waals surface area contributed by atoms with Crippen LogP contribution in [0.2, 0.25) is 0 Å². The first-order valence-corrected chi connectivity index (χ1v) is 7.02. The van der Waals surface area contributed by atoms with E-state index < -0.39 is 41.4 Å². The van der Waals surface area contributed by atoms with E-state index in [1.807, 2.05) is 0 Å². The third kappa shape index (κ3) is 4.26. The largest absolute Gasteiger partial charge is 1.00 e. The number of aromatic nitrogens is 2. The minimum Gasteiger partial charge on any atom is -0.358 e. The van der Waals surface area contributed by atoms with Gasteiger partial charge < -0.3 is 7.43 Å². The van der Waals surface area contributed by atoms with Gasteiger partial charge in [0.1, 0.15) is 11.4 Å².